The molecular formula is C23H25FN2O4. The van der Waals surface area contributed by atoms with E-state index in [0.29, 0.717) is 36.6 Å². The predicted molar refractivity (Wildman–Crippen MR) is 110 cm³/mol. The highest BCUT2D eigenvalue weighted by Gasteiger charge is 2.39. The van der Waals surface area contributed by atoms with Crippen LogP contribution in [0, 0.1) is 5.92 Å². The highest BCUT2D eigenvalue weighted by atomic mass is 19.1. The first kappa shape index (κ1) is 20.3. The van der Waals surface area contributed by atoms with Crippen LogP contribution in [0.3, 0.4) is 0 Å². The number of alkyl halides is 1. The fourth-order valence-electron chi connectivity index (χ4n) is 4.13. The van der Waals surface area contributed by atoms with Crippen molar-refractivity contribution in [2.75, 3.05) is 33.5 Å². The number of fused-ring (bicyclic) bond motifs is 1. The number of benzene rings is 2. The molecule has 1 unspecified atom stereocenters. The molecule has 2 N–H and O–H groups in total. The fraction of sp³-hybridized carbons (Fsp3) is 0.391. The van der Waals surface area contributed by atoms with Crippen LogP contribution in [0.5, 0.6) is 5.75 Å². The largest absolute Gasteiger partial charge is 0.486 e. The van der Waals surface area contributed by atoms with Crippen molar-refractivity contribution in [3.63, 3.8) is 0 Å². The Balaban J connectivity index is 1.71. The maximum absolute atomic E-state index is 13.8. The number of hydrogen-bond donors (Lipinski definition) is 2. The topological polar surface area (TPSA) is 76.7 Å². The van der Waals surface area contributed by atoms with Crippen LogP contribution in [0.1, 0.15) is 44.2 Å². The number of carbonyl (C=O) groups excluding carboxylic acids is 2. The van der Waals surface area contributed by atoms with Crippen LogP contribution >= 0.6 is 0 Å². The highest BCUT2D eigenvalue weighted by molar-refractivity contribution is 6.02. The summed E-state index contributed by atoms with van der Waals surface area (Å²) < 4.78 is 25.1. The molecule has 6 nitrogen and oxygen atoms in total. The second-order valence-electron chi connectivity index (χ2n) is 7.66. The lowest BCUT2D eigenvalue weighted by Crippen LogP contribution is -2.30. The zero-order valence-corrected chi connectivity index (χ0v) is 16.8. The minimum absolute atomic E-state index is 0.237. The summed E-state index contributed by atoms with van der Waals surface area (Å²) in [6, 6.07) is 12.7. The molecule has 3 atom stereocenters. The van der Waals surface area contributed by atoms with Crippen LogP contribution in [0.4, 0.5) is 4.39 Å². The van der Waals surface area contributed by atoms with Crippen LogP contribution in [0.2, 0.25) is 0 Å². The van der Waals surface area contributed by atoms with E-state index in [1.54, 1.807) is 6.07 Å². The van der Waals surface area contributed by atoms with Gasteiger partial charge in [0.2, 0.25) is 0 Å². The summed E-state index contributed by atoms with van der Waals surface area (Å²) in [5, 5.41) is 5.51. The van der Waals surface area contributed by atoms with E-state index in [0.717, 1.165) is 12.0 Å². The van der Waals surface area contributed by atoms with Crippen LogP contribution in [0.15, 0.2) is 42.5 Å². The first-order chi connectivity index (χ1) is 14.6. The standard InChI is InChI=1S/C23H25FN2O4/c1-25-23(28)18-10-16(22(27)26-12-14-7-8-29-13-14)9-17-20(15-5-3-2-4-6-15)19(11-24)30-21(17)18/h2-6,9-10,14,19-20H,7-8,11-13H2,1H3,(H,25,28)(H,26,27)/t14?,19-,20+/m0/s1. The van der Waals surface area contributed by atoms with Gasteiger partial charge in [-0.15, -0.1) is 0 Å². The molecule has 2 aliphatic rings. The molecule has 1 fully saturated rings. The smallest absolute Gasteiger partial charge is 0.254 e. The van der Waals surface area contributed by atoms with Crippen LogP contribution in [-0.4, -0.2) is 51.4 Å². The molecule has 1 saturated heterocycles. The number of nitrogens with one attached hydrogen (secondary N) is 2. The first-order valence-corrected chi connectivity index (χ1v) is 10.2. The third kappa shape index (κ3) is 3.89. The predicted octanol–water partition coefficient (Wildman–Crippen LogP) is 2.67. The Hall–Kier alpha value is -2.93. The molecule has 0 spiro atoms. The Bertz CT molecular complexity index is 928. The van der Waals surface area contributed by atoms with E-state index in [1.165, 1.54) is 13.1 Å². The minimum Gasteiger partial charge on any atom is -0.486 e. The number of amides is 2. The lowest BCUT2D eigenvalue weighted by molar-refractivity contribution is 0.0945. The third-order valence-corrected chi connectivity index (χ3v) is 5.71. The summed E-state index contributed by atoms with van der Waals surface area (Å²) in [6.45, 7) is 1.15. The Kier molecular flexibility index (Phi) is 5.99. The van der Waals surface area contributed by atoms with Crippen molar-refractivity contribution in [2.45, 2.75) is 18.4 Å². The van der Waals surface area contributed by atoms with Gasteiger partial charge in [-0.3, -0.25) is 9.59 Å². The Morgan fingerprint density at radius 2 is 1.97 bits per heavy atom. The summed E-state index contributed by atoms with van der Waals surface area (Å²) in [6.07, 6.45) is 0.163. The lowest BCUT2D eigenvalue weighted by atomic mass is 9.86. The number of rotatable bonds is 6. The summed E-state index contributed by atoms with van der Waals surface area (Å²) in [4.78, 5) is 25.4. The Labute approximate surface area is 174 Å². The van der Waals surface area contributed by atoms with Crippen LogP contribution in [0.25, 0.3) is 0 Å². The minimum atomic E-state index is -0.750. The summed E-state index contributed by atoms with van der Waals surface area (Å²) >= 11 is 0. The van der Waals surface area contributed by atoms with Crippen LogP contribution < -0.4 is 15.4 Å². The van der Waals surface area contributed by atoms with Gasteiger partial charge >= 0.3 is 0 Å². The van der Waals surface area contributed by atoms with Gasteiger partial charge in [-0.25, -0.2) is 4.39 Å². The maximum Gasteiger partial charge on any atom is 0.254 e. The van der Waals surface area contributed by atoms with Crippen molar-refractivity contribution in [1.29, 1.82) is 0 Å². The van der Waals surface area contributed by atoms with E-state index in [-0.39, 0.29) is 23.3 Å². The van der Waals surface area contributed by atoms with E-state index in [4.69, 9.17) is 9.47 Å². The molecule has 158 valence electrons. The van der Waals surface area contributed by atoms with Crippen LogP contribution in [-0.2, 0) is 4.74 Å². The zero-order chi connectivity index (χ0) is 21.1. The van der Waals surface area contributed by atoms with E-state index in [9.17, 15) is 14.0 Å². The van der Waals surface area contributed by atoms with Crippen molar-refractivity contribution in [3.05, 3.63) is 64.7 Å². The summed E-state index contributed by atoms with van der Waals surface area (Å²) in [7, 11) is 1.51. The van der Waals surface area contributed by atoms with E-state index < -0.39 is 18.7 Å². The molecule has 2 heterocycles. The van der Waals surface area contributed by atoms with E-state index in [2.05, 4.69) is 10.6 Å². The van der Waals surface area contributed by atoms with Crippen molar-refractivity contribution in [1.82, 2.24) is 10.6 Å². The van der Waals surface area contributed by atoms with Gasteiger partial charge in [0.05, 0.1) is 18.1 Å². The van der Waals surface area contributed by atoms with Gasteiger partial charge in [-0.05, 0) is 24.1 Å². The van der Waals surface area contributed by atoms with Gasteiger partial charge in [0.15, 0.2) is 0 Å². The van der Waals surface area contributed by atoms with Gasteiger partial charge in [0, 0.05) is 37.2 Å². The number of hydrogen-bond acceptors (Lipinski definition) is 4. The summed E-state index contributed by atoms with van der Waals surface area (Å²) in [5.41, 5.74) is 2.12. The molecule has 2 aromatic rings. The van der Waals surface area contributed by atoms with E-state index in [1.807, 2.05) is 30.3 Å². The van der Waals surface area contributed by atoms with Gasteiger partial charge in [0.1, 0.15) is 18.5 Å². The molecule has 0 bridgehead atoms. The number of ether oxygens (including phenoxy) is 2. The lowest BCUT2D eigenvalue weighted by Gasteiger charge is -2.16. The van der Waals surface area contributed by atoms with Gasteiger partial charge in [-0.2, -0.15) is 0 Å². The molecule has 2 aromatic carbocycles. The fourth-order valence-corrected chi connectivity index (χ4v) is 4.13. The second-order valence-corrected chi connectivity index (χ2v) is 7.66. The van der Waals surface area contributed by atoms with Crippen molar-refractivity contribution >= 4 is 11.8 Å². The average Bonchev–Trinajstić information content (AvgIpc) is 3.44. The summed E-state index contributed by atoms with van der Waals surface area (Å²) in [5.74, 6) is -0.419. The van der Waals surface area contributed by atoms with Crippen molar-refractivity contribution in [2.24, 2.45) is 5.92 Å². The third-order valence-electron chi connectivity index (χ3n) is 5.71. The maximum atomic E-state index is 13.8. The molecule has 0 aromatic heterocycles. The molecule has 2 amide bonds. The monoisotopic (exact) mass is 412 g/mol. The molecule has 0 aliphatic carbocycles. The normalized spacial score (nSPS) is 22.3. The molecule has 0 saturated carbocycles. The van der Waals surface area contributed by atoms with Gasteiger partial charge in [-0.1, -0.05) is 30.3 Å². The van der Waals surface area contributed by atoms with Crippen molar-refractivity contribution < 1.29 is 23.5 Å². The molecular weight excluding hydrogens is 387 g/mol. The highest BCUT2D eigenvalue weighted by Crippen LogP contribution is 2.45. The number of halogens is 1. The van der Waals surface area contributed by atoms with Gasteiger partial charge in [0.25, 0.3) is 11.8 Å². The number of carbonyl (C=O) groups is 2. The molecule has 4 rings (SSSR count). The van der Waals surface area contributed by atoms with Gasteiger partial charge < -0.3 is 20.1 Å². The molecule has 7 heteroatoms. The zero-order valence-electron chi connectivity index (χ0n) is 16.8. The second kappa shape index (κ2) is 8.83. The SMILES string of the molecule is CNC(=O)c1cc(C(=O)NCC2CCOC2)cc2c1O[C@@H](CF)[C@@H]2c1ccccc1. The quantitative estimate of drug-likeness (QED) is 0.765. The van der Waals surface area contributed by atoms with E-state index >= 15 is 0 Å². The Morgan fingerprint density at radius 1 is 1.17 bits per heavy atom. The average molecular weight is 412 g/mol. The molecule has 0 radical (unpaired) electrons. The first-order valence-electron chi connectivity index (χ1n) is 10.2. The Morgan fingerprint density at radius 3 is 2.63 bits per heavy atom. The molecule has 30 heavy (non-hydrogen) atoms. The molecule has 2 aliphatic heterocycles. The van der Waals surface area contributed by atoms with Crippen molar-refractivity contribution in [3.8, 4) is 5.75 Å².